The van der Waals surface area contributed by atoms with Gasteiger partial charge in [-0.3, -0.25) is 14.4 Å². The summed E-state index contributed by atoms with van der Waals surface area (Å²) in [6, 6.07) is 7.33. The number of primary amides is 1. The molecule has 9 heteroatoms. The molecule has 30 heavy (non-hydrogen) atoms. The highest BCUT2D eigenvalue weighted by molar-refractivity contribution is 6.31. The van der Waals surface area contributed by atoms with Crippen molar-refractivity contribution in [3.8, 4) is 0 Å². The minimum Gasteiger partial charge on any atom is -0.364 e. The van der Waals surface area contributed by atoms with E-state index in [4.69, 9.17) is 17.3 Å². The van der Waals surface area contributed by atoms with Gasteiger partial charge < -0.3 is 20.5 Å². The Balaban J connectivity index is 1.52. The lowest BCUT2D eigenvalue weighted by Crippen LogP contribution is -2.38. The number of carbonyl (C=O) groups is 3. The number of halogens is 1. The van der Waals surface area contributed by atoms with Crippen LogP contribution in [0.3, 0.4) is 0 Å². The lowest BCUT2D eigenvalue weighted by Gasteiger charge is -2.36. The van der Waals surface area contributed by atoms with Crippen molar-refractivity contribution in [3.05, 3.63) is 47.0 Å². The van der Waals surface area contributed by atoms with E-state index in [1.54, 1.807) is 10.6 Å². The third kappa shape index (κ3) is 3.35. The largest absolute Gasteiger partial charge is 0.364 e. The van der Waals surface area contributed by atoms with Crippen LogP contribution in [0.5, 0.6) is 0 Å². The zero-order valence-corrected chi connectivity index (χ0v) is 17.5. The molecule has 4 rings (SSSR count). The number of carbonyl (C=O) groups excluding carboxylic acids is 3. The molecule has 1 aliphatic carbocycles. The van der Waals surface area contributed by atoms with Gasteiger partial charge in [0, 0.05) is 30.3 Å². The smallest absolute Gasteiger partial charge is 0.272 e. The fourth-order valence-electron chi connectivity index (χ4n) is 4.77. The van der Waals surface area contributed by atoms with Gasteiger partial charge in [-0.15, -0.1) is 0 Å². The van der Waals surface area contributed by atoms with Gasteiger partial charge in [0.2, 0.25) is 5.91 Å². The Hall–Kier alpha value is -2.87. The Morgan fingerprint density at radius 1 is 1.27 bits per heavy atom. The van der Waals surface area contributed by atoms with Crippen LogP contribution >= 0.6 is 11.6 Å². The van der Waals surface area contributed by atoms with Crippen LogP contribution in [0.25, 0.3) is 0 Å². The molecule has 0 bridgehead atoms. The zero-order valence-electron chi connectivity index (χ0n) is 16.7. The molecule has 0 atom stereocenters. The molecule has 2 heterocycles. The summed E-state index contributed by atoms with van der Waals surface area (Å²) in [5.41, 5.74) is 6.13. The van der Waals surface area contributed by atoms with Gasteiger partial charge in [-0.05, 0) is 50.3 Å². The summed E-state index contributed by atoms with van der Waals surface area (Å²) in [6.45, 7) is 0.669. The number of hydrogen-bond donors (Lipinski definition) is 2. The van der Waals surface area contributed by atoms with E-state index in [-0.39, 0.29) is 23.3 Å². The molecular formula is C21H24ClN5O3. The van der Waals surface area contributed by atoms with E-state index in [0.717, 1.165) is 12.1 Å². The van der Waals surface area contributed by atoms with Crippen LogP contribution in [0.2, 0.25) is 5.02 Å². The second-order valence-corrected chi connectivity index (χ2v) is 8.43. The average molecular weight is 430 g/mol. The Kier molecular flexibility index (Phi) is 5.27. The van der Waals surface area contributed by atoms with Crippen LogP contribution in [-0.4, -0.2) is 40.9 Å². The highest BCUT2D eigenvalue weighted by atomic mass is 35.5. The maximum absolute atomic E-state index is 13.3. The molecule has 2 aliphatic rings. The summed E-state index contributed by atoms with van der Waals surface area (Å²) in [6.07, 6.45) is 5.12. The number of anilines is 1. The van der Waals surface area contributed by atoms with Crippen molar-refractivity contribution in [2.75, 3.05) is 18.5 Å². The topological polar surface area (TPSA) is 110 Å². The first-order valence-electron chi connectivity index (χ1n) is 10.0. The zero-order chi connectivity index (χ0) is 21.5. The van der Waals surface area contributed by atoms with Crippen LogP contribution in [0.1, 0.15) is 59.1 Å². The van der Waals surface area contributed by atoms with E-state index >= 15 is 0 Å². The lowest BCUT2D eigenvalue weighted by molar-refractivity contribution is -0.127. The number of nitrogens with zero attached hydrogens (tertiary/aromatic N) is 3. The molecule has 8 nitrogen and oxygen atoms in total. The minimum absolute atomic E-state index is 0.0305. The van der Waals surface area contributed by atoms with E-state index in [2.05, 4.69) is 10.3 Å². The first kappa shape index (κ1) is 20.4. The van der Waals surface area contributed by atoms with Crippen molar-refractivity contribution >= 4 is 35.0 Å². The third-order valence-corrected chi connectivity index (χ3v) is 6.64. The van der Waals surface area contributed by atoms with Gasteiger partial charge >= 0.3 is 0 Å². The number of rotatable bonds is 4. The summed E-state index contributed by atoms with van der Waals surface area (Å²) >= 11 is 6.10. The van der Waals surface area contributed by atoms with E-state index < -0.39 is 17.2 Å². The molecule has 158 valence electrons. The second kappa shape index (κ2) is 7.75. The molecule has 1 saturated heterocycles. The second-order valence-electron chi connectivity index (χ2n) is 7.99. The van der Waals surface area contributed by atoms with Gasteiger partial charge in [-0.25, -0.2) is 4.98 Å². The van der Waals surface area contributed by atoms with Gasteiger partial charge in [0.15, 0.2) is 5.69 Å². The van der Waals surface area contributed by atoms with Gasteiger partial charge in [0.05, 0.1) is 11.7 Å². The molecule has 1 spiro atoms. The summed E-state index contributed by atoms with van der Waals surface area (Å²) in [4.78, 5) is 43.2. The standard InChI is InChI=1S/C21H24ClN5O3/c1-24-19(29)16-17(18(23)28)27(12-25-16)14-5-7-21(8-6-14)9-10-26(20(21)30)15-4-2-3-13(22)11-15/h2-4,11-12,14H,5-10H2,1H3,(H2,23,28)(H,24,29). The highest BCUT2D eigenvalue weighted by Gasteiger charge is 2.49. The minimum atomic E-state index is -0.685. The molecule has 3 amide bonds. The monoisotopic (exact) mass is 429 g/mol. The molecule has 1 aliphatic heterocycles. The maximum atomic E-state index is 13.3. The van der Waals surface area contributed by atoms with Crippen LogP contribution in [0.4, 0.5) is 5.69 Å². The molecule has 1 aromatic heterocycles. The predicted molar refractivity (Wildman–Crippen MR) is 112 cm³/mol. The molecule has 1 aromatic carbocycles. The number of nitrogens with one attached hydrogen (secondary N) is 1. The van der Waals surface area contributed by atoms with Gasteiger partial charge in [-0.2, -0.15) is 0 Å². The van der Waals surface area contributed by atoms with Gasteiger partial charge in [0.25, 0.3) is 11.8 Å². The van der Waals surface area contributed by atoms with Crippen LogP contribution < -0.4 is 16.0 Å². The van der Waals surface area contributed by atoms with Crippen LogP contribution in [0.15, 0.2) is 30.6 Å². The summed E-state index contributed by atoms with van der Waals surface area (Å²) in [7, 11) is 1.48. The van der Waals surface area contributed by atoms with Crippen molar-refractivity contribution in [1.29, 1.82) is 0 Å². The van der Waals surface area contributed by atoms with Crippen molar-refractivity contribution in [3.63, 3.8) is 0 Å². The average Bonchev–Trinajstić information content (AvgIpc) is 3.31. The Labute approximate surface area is 179 Å². The SMILES string of the molecule is CNC(=O)c1ncn(C2CCC3(CC2)CCN(c2cccc(Cl)c2)C3=O)c1C(N)=O. The van der Waals surface area contributed by atoms with Gasteiger partial charge in [0.1, 0.15) is 5.69 Å². The van der Waals surface area contributed by atoms with E-state index in [9.17, 15) is 14.4 Å². The normalized spacial score (nSPS) is 23.7. The number of imidazole rings is 1. The third-order valence-electron chi connectivity index (χ3n) is 6.41. The van der Waals surface area contributed by atoms with Crippen molar-refractivity contribution < 1.29 is 14.4 Å². The molecule has 3 N–H and O–H groups in total. The van der Waals surface area contributed by atoms with Crippen molar-refractivity contribution in [2.45, 2.75) is 38.1 Å². The fraction of sp³-hybridized carbons (Fsp3) is 0.429. The molecule has 0 unspecified atom stereocenters. The first-order chi connectivity index (χ1) is 14.4. The number of benzene rings is 1. The quantitative estimate of drug-likeness (QED) is 0.777. The molecule has 2 fully saturated rings. The number of aromatic nitrogens is 2. The summed E-state index contributed by atoms with van der Waals surface area (Å²) in [5.74, 6) is -0.997. The first-order valence-corrected chi connectivity index (χ1v) is 10.4. The summed E-state index contributed by atoms with van der Waals surface area (Å²) < 4.78 is 1.70. The van der Waals surface area contributed by atoms with Crippen molar-refractivity contribution in [2.24, 2.45) is 11.1 Å². The number of hydrogen-bond acceptors (Lipinski definition) is 4. The predicted octanol–water partition coefficient (Wildman–Crippen LogP) is 2.53. The fourth-order valence-corrected chi connectivity index (χ4v) is 4.96. The molecular weight excluding hydrogens is 406 g/mol. The highest BCUT2D eigenvalue weighted by Crippen LogP contribution is 2.49. The molecule has 1 saturated carbocycles. The van der Waals surface area contributed by atoms with E-state index in [0.29, 0.717) is 37.3 Å². The van der Waals surface area contributed by atoms with Crippen molar-refractivity contribution in [1.82, 2.24) is 14.9 Å². The van der Waals surface area contributed by atoms with Gasteiger partial charge in [-0.1, -0.05) is 17.7 Å². The molecule has 2 aromatic rings. The Morgan fingerprint density at radius 2 is 2.00 bits per heavy atom. The number of amides is 3. The van der Waals surface area contributed by atoms with Crippen LogP contribution in [-0.2, 0) is 4.79 Å². The van der Waals surface area contributed by atoms with Crippen LogP contribution in [0, 0.1) is 5.41 Å². The van der Waals surface area contributed by atoms with E-state index in [1.165, 1.54) is 13.4 Å². The summed E-state index contributed by atoms with van der Waals surface area (Å²) in [5, 5.41) is 3.09. The Bertz CT molecular complexity index is 1010. The Morgan fingerprint density at radius 3 is 2.63 bits per heavy atom. The van der Waals surface area contributed by atoms with E-state index in [1.807, 2.05) is 23.1 Å². The lowest BCUT2D eigenvalue weighted by atomic mass is 9.71. The molecule has 0 radical (unpaired) electrons. The number of nitrogens with two attached hydrogens (primary N) is 1. The maximum Gasteiger partial charge on any atom is 0.272 e.